The number of anilines is 2. The van der Waals surface area contributed by atoms with Crippen LogP contribution < -0.4 is 10.2 Å². The number of hydrogen-bond donors (Lipinski definition) is 1. The highest BCUT2D eigenvalue weighted by Crippen LogP contribution is 2.49. The molecule has 40 heavy (non-hydrogen) atoms. The molecule has 0 saturated carbocycles. The lowest BCUT2D eigenvalue weighted by Crippen LogP contribution is -2.39. The van der Waals surface area contributed by atoms with Gasteiger partial charge in [-0.25, -0.2) is 0 Å². The van der Waals surface area contributed by atoms with Crippen molar-refractivity contribution in [2.75, 3.05) is 10.2 Å². The minimum absolute atomic E-state index is 0.0568. The van der Waals surface area contributed by atoms with Crippen molar-refractivity contribution in [1.29, 1.82) is 0 Å². The number of para-hydroxylation sites is 2. The second kappa shape index (κ2) is 9.64. The fraction of sp³-hybridized carbons (Fsp3) is 0.188. The number of nitrogens with one attached hydrogen (secondary N) is 1. The normalized spacial score (nSPS) is 17.9. The van der Waals surface area contributed by atoms with Gasteiger partial charge in [0.05, 0.1) is 16.3 Å². The minimum atomic E-state index is -0.852. The predicted molar refractivity (Wildman–Crippen MR) is 152 cm³/mol. The minimum Gasteiger partial charge on any atom is -0.458 e. The number of furan rings is 1. The zero-order valence-electron chi connectivity index (χ0n) is 22.1. The lowest BCUT2D eigenvalue weighted by Gasteiger charge is -2.36. The standard InChI is InChI=1S/C32H27N3O5/c1-32(2)18-24-29(26(36)19-32)30(28-16-15-27(40-28)21-11-8-12-22(17-21)35(38)39)34(25-14-7-6-13-23(25)33-24)31(37)20-9-4-3-5-10-20/h3-17,30,33H,18-19H2,1-2H3/t30-/m1/s1. The number of hydrogen-bond acceptors (Lipinski definition) is 6. The molecule has 2 aliphatic rings. The van der Waals surface area contributed by atoms with Crippen molar-refractivity contribution in [2.45, 2.75) is 32.7 Å². The number of carbonyl (C=O) groups is 2. The average molecular weight is 534 g/mol. The monoisotopic (exact) mass is 533 g/mol. The van der Waals surface area contributed by atoms with Crippen LogP contribution in [-0.2, 0) is 4.79 Å². The van der Waals surface area contributed by atoms with Crippen molar-refractivity contribution in [3.63, 3.8) is 0 Å². The van der Waals surface area contributed by atoms with E-state index in [1.807, 2.05) is 30.3 Å². The number of carbonyl (C=O) groups excluding carboxylic acids is 2. The number of nitro groups is 1. The fourth-order valence-electron chi connectivity index (χ4n) is 5.63. The van der Waals surface area contributed by atoms with E-state index in [0.717, 1.165) is 11.4 Å². The van der Waals surface area contributed by atoms with Crippen LogP contribution in [0.4, 0.5) is 17.1 Å². The van der Waals surface area contributed by atoms with Gasteiger partial charge in [-0.05, 0) is 48.2 Å². The molecule has 0 radical (unpaired) electrons. The van der Waals surface area contributed by atoms with Crippen molar-refractivity contribution in [3.05, 3.63) is 124 Å². The van der Waals surface area contributed by atoms with Crippen molar-refractivity contribution < 1.29 is 18.9 Å². The number of benzene rings is 3. The molecule has 0 fully saturated rings. The Labute approximate surface area is 231 Å². The molecular formula is C32H27N3O5. The van der Waals surface area contributed by atoms with E-state index < -0.39 is 11.0 Å². The molecule has 200 valence electrons. The van der Waals surface area contributed by atoms with Gasteiger partial charge in [-0.3, -0.25) is 24.6 Å². The van der Waals surface area contributed by atoms with Gasteiger partial charge in [0.1, 0.15) is 17.6 Å². The molecule has 1 aliphatic carbocycles. The summed E-state index contributed by atoms with van der Waals surface area (Å²) in [6.07, 6.45) is 0.941. The predicted octanol–water partition coefficient (Wildman–Crippen LogP) is 7.31. The van der Waals surface area contributed by atoms with E-state index in [1.165, 1.54) is 12.1 Å². The molecule has 8 nitrogen and oxygen atoms in total. The van der Waals surface area contributed by atoms with E-state index in [4.69, 9.17) is 4.42 Å². The Morgan fingerprint density at radius 2 is 1.73 bits per heavy atom. The van der Waals surface area contributed by atoms with E-state index in [9.17, 15) is 19.7 Å². The first-order valence-corrected chi connectivity index (χ1v) is 13.1. The molecule has 4 aromatic rings. The van der Waals surface area contributed by atoms with Gasteiger partial charge in [-0.1, -0.05) is 56.3 Å². The molecule has 0 unspecified atom stereocenters. The average Bonchev–Trinajstić information content (AvgIpc) is 3.37. The van der Waals surface area contributed by atoms with Crippen molar-refractivity contribution >= 4 is 28.8 Å². The van der Waals surface area contributed by atoms with E-state index in [2.05, 4.69) is 19.2 Å². The number of amides is 1. The Morgan fingerprint density at radius 1 is 0.975 bits per heavy atom. The Balaban J connectivity index is 1.57. The van der Waals surface area contributed by atoms with E-state index in [1.54, 1.807) is 53.4 Å². The van der Waals surface area contributed by atoms with Crippen LogP contribution in [0.2, 0.25) is 0 Å². The number of Topliss-reactive ketones (excluding diaryl/α,β-unsaturated/α-hetero) is 1. The first kappa shape index (κ1) is 25.3. The molecule has 0 bridgehead atoms. The molecular weight excluding hydrogens is 506 g/mol. The molecule has 1 amide bonds. The molecule has 2 heterocycles. The highest BCUT2D eigenvalue weighted by atomic mass is 16.6. The summed E-state index contributed by atoms with van der Waals surface area (Å²) in [6.45, 7) is 4.12. The van der Waals surface area contributed by atoms with Crippen molar-refractivity contribution in [3.8, 4) is 11.3 Å². The first-order valence-electron chi connectivity index (χ1n) is 13.1. The highest BCUT2D eigenvalue weighted by Gasteiger charge is 2.44. The lowest BCUT2D eigenvalue weighted by molar-refractivity contribution is -0.384. The van der Waals surface area contributed by atoms with Crippen LogP contribution in [0.3, 0.4) is 0 Å². The number of nitro benzene ring substituents is 1. The van der Waals surface area contributed by atoms with Crippen LogP contribution >= 0.6 is 0 Å². The molecule has 1 aromatic heterocycles. The number of nitrogens with zero attached hydrogens (tertiary/aromatic N) is 2. The molecule has 1 atom stereocenters. The lowest BCUT2D eigenvalue weighted by atomic mass is 9.74. The molecule has 0 spiro atoms. The molecule has 1 N–H and O–H groups in total. The number of allylic oxidation sites excluding steroid dienone is 1. The van der Waals surface area contributed by atoms with Gasteiger partial charge in [-0.15, -0.1) is 0 Å². The van der Waals surface area contributed by atoms with Crippen molar-refractivity contribution in [1.82, 2.24) is 0 Å². The second-order valence-corrected chi connectivity index (χ2v) is 10.9. The van der Waals surface area contributed by atoms with E-state index >= 15 is 0 Å². The maximum absolute atomic E-state index is 14.3. The fourth-order valence-corrected chi connectivity index (χ4v) is 5.63. The summed E-state index contributed by atoms with van der Waals surface area (Å²) in [5, 5.41) is 14.9. The van der Waals surface area contributed by atoms with Gasteiger partial charge in [-0.2, -0.15) is 0 Å². The van der Waals surface area contributed by atoms with E-state index in [0.29, 0.717) is 46.7 Å². The summed E-state index contributed by atoms with van der Waals surface area (Å²) in [6, 6.07) is 25.2. The van der Waals surface area contributed by atoms with Gasteiger partial charge in [0.15, 0.2) is 5.78 Å². The number of rotatable bonds is 4. The zero-order valence-corrected chi connectivity index (χ0v) is 22.1. The maximum atomic E-state index is 14.3. The third-order valence-corrected chi connectivity index (χ3v) is 7.38. The summed E-state index contributed by atoms with van der Waals surface area (Å²) in [4.78, 5) is 40.7. The number of ketones is 1. The topological polar surface area (TPSA) is 106 Å². The summed E-state index contributed by atoms with van der Waals surface area (Å²) < 4.78 is 6.35. The smallest absolute Gasteiger partial charge is 0.270 e. The third kappa shape index (κ3) is 4.47. The highest BCUT2D eigenvalue weighted by molar-refractivity contribution is 6.11. The van der Waals surface area contributed by atoms with Gasteiger partial charge in [0, 0.05) is 41.0 Å². The van der Waals surface area contributed by atoms with Gasteiger partial charge < -0.3 is 9.73 Å². The van der Waals surface area contributed by atoms with Crippen LogP contribution in [-0.4, -0.2) is 16.6 Å². The van der Waals surface area contributed by atoms with Crippen LogP contribution in [0.1, 0.15) is 48.8 Å². The molecule has 0 saturated heterocycles. The summed E-state index contributed by atoms with van der Waals surface area (Å²) in [5.74, 6) is 0.460. The quantitative estimate of drug-likeness (QED) is 0.218. The van der Waals surface area contributed by atoms with Crippen LogP contribution in [0, 0.1) is 15.5 Å². The Bertz CT molecular complexity index is 1690. The Kier molecular flexibility index (Phi) is 6.10. The largest absolute Gasteiger partial charge is 0.458 e. The first-order chi connectivity index (χ1) is 19.2. The van der Waals surface area contributed by atoms with Gasteiger partial charge in [0.2, 0.25) is 0 Å². The van der Waals surface area contributed by atoms with E-state index in [-0.39, 0.29) is 22.8 Å². The van der Waals surface area contributed by atoms with Gasteiger partial charge in [0.25, 0.3) is 11.6 Å². The SMILES string of the molecule is CC1(C)CC(=O)C2=C(C1)Nc1ccccc1N(C(=O)c1ccccc1)[C@@H]2c1ccc(-c2cccc([N+](=O)[O-])c2)o1. The molecule has 1 aliphatic heterocycles. The number of non-ortho nitro benzene ring substituents is 1. The van der Waals surface area contributed by atoms with Crippen LogP contribution in [0.25, 0.3) is 11.3 Å². The summed E-state index contributed by atoms with van der Waals surface area (Å²) >= 11 is 0. The molecule has 3 aromatic carbocycles. The molecule has 8 heteroatoms. The summed E-state index contributed by atoms with van der Waals surface area (Å²) in [7, 11) is 0. The number of fused-ring (bicyclic) bond motifs is 1. The van der Waals surface area contributed by atoms with Crippen molar-refractivity contribution in [2.24, 2.45) is 5.41 Å². The second-order valence-electron chi connectivity index (χ2n) is 10.9. The zero-order chi connectivity index (χ0) is 28.0. The Hall–Kier alpha value is -4.98. The van der Waals surface area contributed by atoms with Gasteiger partial charge >= 0.3 is 0 Å². The maximum Gasteiger partial charge on any atom is 0.270 e. The van der Waals surface area contributed by atoms with Crippen LogP contribution in [0.15, 0.2) is 107 Å². The van der Waals surface area contributed by atoms with Crippen LogP contribution in [0.5, 0.6) is 0 Å². The summed E-state index contributed by atoms with van der Waals surface area (Å²) in [5.41, 5.74) is 3.26. The third-order valence-electron chi connectivity index (χ3n) is 7.38. The Morgan fingerprint density at radius 3 is 2.50 bits per heavy atom. The molecule has 6 rings (SSSR count).